The minimum absolute atomic E-state index is 0.173. The number of nitrogens with zero attached hydrogens (tertiary/aromatic N) is 2. The van der Waals surface area contributed by atoms with Gasteiger partial charge in [-0.25, -0.2) is 4.79 Å². The molecule has 0 radical (unpaired) electrons. The number of hydrogen-bond acceptors (Lipinski definition) is 5. The van der Waals surface area contributed by atoms with E-state index in [9.17, 15) is 9.90 Å². The summed E-state index contributed by atoms with van der Waals surface area (Å²) in [5.41, 5.74) is 2.10. The van der Waals surface area contributed by atoms with Gasteiger partial charge in [-0.05, 0) is 24.5 Å². The molecule has 3 rings (SSSR count). The van der Waals surface area contributed by atoms with Crippen LogP contribution in [0.25, 0.3) is 0 Å². The number of carbonyl (C=O) groups excluding carboxylic acids is 1. The first-order valence-corrected chi connectivity index (χ1v) is 11.2. The molecule has 6 nitrogen and oxygen atoms in total. The summed E-state index contributed by atoms with van der Waals surface area (Å²) >= 11 is 0. The van der Waals surface area contributed by atoms with Gasteiger partial charge in [-0.3, -0.25) is 9.80 Å². The Balaban J connectivity index is 1.77. The molecule has 31 heavy (non-hydrogen) atoms. The highest BCUT2D eigenvalue weighted by Crippen LogP contribution is 2.26. The lowest BCUT2D eigenvalue weighted by molar-refractivity contribution is 0.0270. The second-order valence-electron chi connectivity index (χ2n) is 7.86. The minimum atomic E-state index is -0.679. The number of amides is 1. The highest BCUT2D eigenvalue weighted by Gasteiger charge is 2.29. The van der Waals surface area contributed by atoms with Crippen LogP contribution in [0.4, 0.5) is 4.79 Å². The van der Waals surface area contributed by atoms with Gasteiger partial charge in [0.05, 0.1) is 38.5 Å². The standard InChI is InChI=1S/C25H34N2O4/c1-2-31-25(29)27(20-23(28)19-21-9-5-3-6-10-21)24(22-11-7-4-8-12-22)13-14-26-15-17-30-18-16-26/h3-12,23-24,28H,2,13-20H2,1H3/t23-,24+/m1/s1. The van der Waals surface area contributed by atoms with Crippen molar-refractivity contribution >= 4 is 6.09 Å². The lowest BCUT2D eigenvalue weighted by Gasteiger charge is -2.35. The molecule has 0 spiro atoms. The van der Waals surface area contributed by atoms with Crippen molar-refractivity contribution < 1.29 is 19.4 Å². The van der Waals surface area contributed by atoms with Crippen LogP contribution in [-0.4, -0.2) is 73.1 Å². The van der Waals surface area contributed by atoms with E-state index >= 15 is 0 Å². The third kappa shape index (κ3) is 7.35. The molecule has 2 aromatic carbocycles. The van der Waals surface area contributed by atoms with E-state index in [4.69, 9.17) is 9.47 Å². The Hall–Kier alpha value is -2.41. The molecule has 0 unspecified atom stereocenters. The third-order valence-corrected chi connectivity index (χ3v) is 5.61. The van der Waals surface area contributed by atoms with Gasteiger partial charge in [0.2, 0.25) is 0 Å². The Morgan fingerprint density at radius 1 is 1.10 bits per heavy atom. The number of rotatable bonds is 10. The third-order valence-electron chi connectivity index (χ3n) is 5.61. The Labute approximate surface area is 185 Å². The summed E-state index contributed by atoms with van der Waals surface area (Å²) < 4.78 is 10.9. The van der Waals surface area contributed by atoms with E-state index in [0.29, 0.717) is 13.0 Å². The lowest BCUT2D eigenvalue weighted by Crippen LogP contribution is -2.43. The maximum absolute atomic E-state index is 13.0. The average molecular weight is 427 g/mol. The van der Waals surface area contributed by atoms with E-state index < -0.39 is 6.10 Å². The average Bonchev–Trinajstić information content (AvgIpc) is 2.80. The number of aliphatic hydroxyl groups excluding tert-OH is 1. The zero-order valence-electron chi connectivity index (χ0n) is 18.4. The fourth-order valence-electron chi connectivity index (χ4n) is 4.02. The van der Waals surface area contributed by atoms with Crippen LogP contribution in [0.2, 0.25) is 0 Å². The zero-order chi connectivity index (χ0) is 21.9. The van der Waals surface area contributed by atoms with Gasteiger partial charge in [-0.2, -0.15) is 0 Å². The van der Waals surface area contributed by atoms with Gasteiger partial charge in [0.1, 0.15) is 0 Å². The lowest BCUT2D eigenvalue weighted by atomic mass is 10.00. The van der Waals surface area contributed by atoms with Crippen molar-refractivity contribution in [3.05, 3.63) is 71.8 Å². The molecular formula is C25H34N2O4. The van der Waals surface area contributed by atoms with Gasteiger partial charge in [-0.15, -0.1) is 0 Å². The summed E-state index contributed by atoms with van der Waals surface area (Å²) in [5.74, 6) is 0. The van der Waals surface area contributed by atoms with Crippen molar-refractivity contribution in [3.63, 3.8) is 0 Å². The van der Waals surface area contributed by atoms with Gasteiger partial charge in [-0.1, -0.05) is 60.7 Å². The summed E-state index contributed by atoms with van der Waals surface area (Å²) in [6, 6.07) is 19.7. The number of aliphatic hydroxyl groups is 1. The molecule has 0 saturated carbocycles. The molecule has 1 aliphatic heterocycles. The van der Waals surface area contributed by atoms with Crippen LogP contribution >= 0.6 is 0 Å². The predicted octanol–water partition coefficient (Wildman–Crippen LogP) is 3.51. The highest BCUT2D eigenvalue weighted by atomic mass is 16.6. The first-order chi connectivity index (χ1) is 15.2. The van der Waals surface area contributed by atoms with Crippen molar-refractivity contribution in [2.45, 2.75) is 31.9 Å². The van der Waals surface area contributed by atoms with Gasteiger partial charge < -0.3 is 14.6 Å². The fraction of sp³-hybridized carbons (Fsp3) is 0.480. The van der Waals surface area contributed by atoms with Crippen LogP contribution in [-0.2, 0) is 15.9 Å². The molecule has 1 N–H and O–H groups in total. The van der Waals surface area contributed by atoms with E-state index in [0.717, 1.165) is 50.4 Å². The molecule has 1 amide bonds. The van der Waals surface area contributed by atoms with Gasteiger partial charge in [0.15, 0.2) is 0 Å². The summed E-state index contributed by atoms with van der Waals surface area (Å²) in [6.07, 6.45) is 0.189. The molecule has 168 valence electrons. The van der Waals surface area contributed by atoms with Crippen LogP contribution in [0.1, 0.15) is 30.5 Å². The number of ether oxygens (including phenoxy) is 2. The topological polar surface area (TPSA) is 62.2 Å². The molecule has 1 fully saturated rings. The largest absolute Gasteiger partial charge is 0.450 e. The maximum atomic E-state index is 13.0. The molecule has 1 aliphatic rings. The van der Waals surface area contributed by atoms with Crippen LogP contribution in [0.5, 0.6) is 0 Å². The monoisotopic (exact) mass is 426 g/mol. The Bertz CT molecular complexity index is 766. The van der Waals surface area contributed by atoms with E-state index in [2.05, 4.69) is 4.90 Å². The Morgan fingerprint density at radius 2 is 1.74 bits per heavy atom. The quantitative estimate of drug-likeness (QED) is 0.630. The Kier molecular flexibility index (Phi) is 9.34. The first kappa shape index (κ1) is 23.3. The van der Waals surface area contributed by atoms with Crippen molar-refractivity contribution in [2.24, 2.45) is 0 Å². The molecular weight excluding hydrogens is 392 g/mol. The van der Waals surface area contributed by atoms with Crippen molar-refractivity contribution in [1.29, 1.82) is 0 Å². The molecule has 0 aliphatic carbocycles. The SMILES string of the molecule is CCOC(=O)N(C[C@H](O)Cc1ccccc1)[C@@H](CCN1CCOCC1)c1ccccc1. The van der Waals surface area contributed by atoms with Crippen LogP contribution in [0.3, 0.4) is 0 Å². The van der Waals surface area contributed by atoms with E-state index in [1.807, 2.05) is 67.6 Å². The maximum Gasteiger partial charge on any atom is 0.410 e. The molecule has 2 aromatic rings. The van der Waals surface area contributed by atoms with Crippen molar-refractivity contribution in [3.8, 4) is 0 Å². The normalized spacial score (nSPS) is 16.5. The fourth-order valence-corrected chi connectivity index (χ4v) is 4.02. The van der Waals surface area contributed by atoms with E-state index in [1.54, 1.807) is 4.90 Å². The molecule has 2 atom stereocenters. The van der Waals surface area contributed by atoms with E-state index in [1.165, 1.54) is 0 Å². The minimum Gasteiger partial charge on any atom is -0.450 e. The molecule has 1 heterocycles. The molecule has 6 heteroatoms. The summed E-state index contributed by atoms with van der Waals surface area (Å²) in [5, 5.41) is 10.8. The molecule has 0 aromatic heterocycles. The van der Waals surface area contributed by atoms with Crippen LogP contribution in [0, 0.1) is 0 Å². The van der Waals surface area contributed by atoms with Gasteiger partial charge in [0, 0.05) is 26.1 Å². The van der Waals surface area contributed by atoms with Crippen LogP contribution in [0.15, 0.2) is 60.7 Å². The predicted molar refractivity (Wildman–Crippen MR) is 121 cm³/mol. The number of morpholine rings is 1. The van der Waals surface area contributed by atoms with E-state index in [-0.39, 0.29) is 18.7 Å². The van der Waals surface area contributed by atoms with Crippen molar-refractivity contribution in [2.75, 3.05) is 46.0 Å². The summed E-state index contributed by atoms with van der Waals surface area (Å²) in [4.78, 5) is 17.0. The van der Waals surface area contributed by atoms with Crippen LogP contribution < -0.4 is 0 Å². The summed E-state index contributed by atoms with van der Waals surface area (Å²) in [6.45, 7) is 6.47. The number of carbonyl (C=O) groups is 1. The van der Waals surface area contributed by atoms with Gasteiger partial charge >= 0.3 is 6.09 Å². The molecule has 1 saturated heterocycles. The van der Waals surface area contributed by atoms with Gasteiger partial charge in [0.25, 0.3) is 0 Å². The highest BCUT2D eigenvalue weighted by molar-refractivity contribution is 5.68. The van der Waals surface area contributed by atoms with Crippen molar-refractivity contribution in [1.82, 2.24) is 9.80 Å². The smallest absolute Gasteiger partial charge is 0.410 e. The Morgan fingerprint density at radius 3 is 2.39 bits per heavy atom. The summed E-state index contributed by atoms with van der Waals surface area (Å²) in [7, 11) is 0. The molecule has 0 bridgehead atoms. The first-order valence-electron chi connectivity index (χ1n) is 11.2. The number of hydrogen-bond donors (Lipinski definition) is 1. The number of benzene rings is 2. The second kappa shape index (κ2) is 12.4. The zero-order valence-corrected chi connectivity index (χ0v) is 18.4. The second-order valence-corrected chi connectivity index (χ2v) is 7.86.